The van der Waals surface area contributed by atoms with Gasteiger partial charge in [0.25, 0.3) is 0 Å². The molecule has 0 bridgehead atoms. The number of aliphatic hydroxyl groups excluding tert-OH is 1. The minimum atomic E-state index is -0.884. The van der Waals surface area contributed by atoms with E-state index >= 15 is 0 Å². The van der Waals surface area contributed by atoms with Crippen LogP contribution < -0.4 is 0 Å². The van der Waals surface area contributed by atoms with Crippen molar-refractivity contribution in [1.29, 1.82) is 0 Å². The second kappa shape index (κ2) is 4.05. The van der Waals surface area contributed by atoms with Crippen LogP contribution in [0.2, 0.25) is 0 Å². The largest absolute Gasteiger partial charge is 0.461 e. The van der Waals surface area contributed by atoms with E-state index in [0.29, 0.717) is 12.3 Å². The summed E-state index contributed by atoms with van der Waals surface area (Å²) in [6.07, 6.45) is 1.24. The van der Waals surface area contributed by atoms with Gasteiger partial charge in [-0.2, -0.15) is 0 Å². The van der Waals surface area contributed by atoms with Crippen LogP contribution in [0.5, 0.6) is 0 Å². The van der Waals surface area contributed by atoms with Crippen molar-refractivity contribution in [1.82, 2.24) is 0 Å². The molecule has 106 valence electrons. The first kappa shape index (κ1) is 13.1. The first-order chi connectivity index (χ1) is 8.87. The Kier molecular flexibility index (Phi) is 2.79. The Morgan fingerprint density at radius 2 is 1.95 bits per heavy atom. The fourth-order valence-electron chi connectivity index (χ4n) is 4.69. The van der Waals surface area contributed by atoms with Gasteiger partial charge in [-0.25, -0.2) is 0 Å². The fraction of sp³-hybridized carbons (Fsp3) is 0.867. The van der Waals surface area contributed by atoms with Gasteiger partial charge < -0.3 is 9.84 Å². The molecule has 1 heterocycles. The molecule has 0 radical (unpaired) electrons. The molecule has 1 saturated heterocycles. The van der Waals surface area contributed by atoms with Crippen molar-refractivity contribution in [2.75, 3.05) is 0 Å². The molecule has 0 aromatic heterocycles. The molecule has 7 unspecified atom stereocenters. The molecule has 1 N–H and O–H groups in total. The fourth-order valence-corrected chi connectivity index (χ4v) is 4.69. The number of fused-ring (bicyclic) bond motifs is 3. The molecule has 3 fully saturated rings. The average molecular weight is 266 g/mol. The highest BCUT2D eigenvalue weighted by molar-refractivity contribution is 5.92. The number of esters is 1. The van der Waals surface area contributed by atoms with E-state index in [-0.39, 0.29) is 35.6 Å². The summed E-state index contributed by atoms with van der Waals surface area (Å²) in [5, 5.41) is 9.97. The lowest BCUT2D eigenvalue weighted by atomic mass is 9.68. The first-order valence-corrected chi connectivity index (χ1v) is 7.30. The van der Waals surface area contributed by atoms with Crippen molar-refractivity contribution in [3.8, 4) is 0 Å². The molecule has 2 saturated carbocycles. The van der Waals surface area contributed by atoms with Crippen LogP contribution >= 0.6 is 0 Å². The third kappa shape index (κ3) is 1.55. The molecule has 3 rings (SSSR count). The molecule has 0 aromatic rings. The van der Waals surface area contributed by atoms with Gasteiger partial charge in [0.1, 0.15) is 12.2 Å². The van der Waals surface area contributed by atoms with E-state index in [1.165, 1.54) is 0 Å². The van der Waals surface area contributed by atoms with Gasteiger partial charge in [0.05, 0.1) is 11.3 Å². The molecule has 2 aliphatic carbocycles. The zero-order valence-electron chi connectivity index (χ0n) is 11.8. The van der Waals surface area contributed by atoms with Gasteiger partial charge in [-0.1, -0.05) is 13.8 Å². The molecule has 3 aliphatic rings. The van der Waals surface area contributed by atoms with E-state index in [2.05, 4.69) is 6.92 Å². The van der Waals surface area contributed by atoms with Gasteiger partial charge in [-0.15, -0.1) is 0 Å². The summed E-state index contributed by atoms with van der Waals surface area (Å²) >= 11 is 0. The third-order valence-electron chi connectivity index (χ3n) is 5.96. The van der Waals surface area contributed by atoms with E-state index in [0.717, 1.165) is 12.8 Å². The van der Waals surface area contributed by atoms with Gasteiger partial charge >= 0.3 is 5.97 Å². The lowest BCUT2D eigenvalue weighted by molar-refractivity contribution is -0.154. The first-order valence-electron chi connectivity index (χ1n) is 7.30. The molecule has 4 heteroatoms. The van der Waals surface area contributed by atoms with E-state index < -0.39 is 11.5 Å². The summed E-state index contributed by atoms with van der Waals surface area (Å²) in [7, 11) is 0. The van der Waals surface area contributed by atoms with Crippen LogP contribution in [0.3, 0.4) is 0 Å². The Balaban J connectivity index is 2.06. The van der Waals surface area contributed by atoms with Gasteiger partial charge in [0, 0.05) is 5.92 Å². The predicted molar refractivity (Wildman–Crippen MR) is 68.2 cm³/mol. The maximum absolute atomic E-state index is 12.5. The Morgan fingerprint density at radius 3 is 2.63 bits per heavy atom. The number of Topliss-reactive ketones (excluding diaryl/α,β-unsaturated/α-hetero) is 1. The van der Waals surface area contributed by atoms with E-state index in [4.69, 9.17) is 4.74 Å². The van der Waals surface area contributed by atoms with Crippen LogP contribution in [-0.4, -0.2) is 29.1 Å². The molecule has 4 nitrogen and oxygen atoms in total. The minimum Gasteiger partial charge on any atom is -0.461 e. The van der Waals surface area contributed by atoms with Crippen LogP contribution in [-0.2, 0) is 14.3 Å². The number of hydrogen-bond donors (Lipinski definition) is 1. The Labute approximate surface area is 113 Å². The second-order valence-corrected chi connectivity index (χ2v) is 6.87. The summed E-state index contributed by atoms with van der Waals surface area (Å²) in [6.45, 7) is 5.96. The van der Waals surface area contributed by atoms with Crippen LogP contribution in [0.15, 0.2) is 0 Å². The van der Waals surface area contributed by atoms with Crippen molar-refractivity contribution in [3.63, 3.8) is 0 Å². The van der Waals surface area contributed by atoms with Crippen molar-refractivity contribution < 1.29 is 19.4 Å². The molecular formula is C15H22O4. The molecular weight excluding hydrogens is 244 g/mol. The van der Waals surface area contributed by atoms with Crippen molar-refractivity contribution in [3.05, 3.63) is 0 Å². The number of ether oxygens (including phenoxy) is 1. The van der Waals surface area contributed by atoms with Crippen molar-refractivity contribution >= 4 is 11.8 Å². The highest BCUT2D eigenvalue weighted by atomic mass is 16.6. The number of rotatable bonds is 0. The summed E-state index contributed by atoms with van der Waals surface area (Å²) in [6, 6.07) is 0. The highest BCUT2D eigenvalue weighted by Crippen LogP contribution is 2.56. The quantitative estimate of drug-likeness (QED) is 0.676. The Bertz CT molecular complexity index is 432. The van der Waals surface area contributed by atoms with Gasteiger partial charge in [-0.05, 0) is 38.0 Å². The molecule has 0 aromatic carbocycles. The Morgan fingerprint density at radius 1 is 1.26 bits per heavy atom. The molecule has 0 spiro atoms. The van der Waals surface area contributed by atoms with E-state index in [9.17, 15) is 14.7 Å². The maximum atomic E-state index is 12.5. The summed E-state index contributed by atoms with van der Waals surface area (Å²) in [5.74, 6) is 0.213. The van der Waals surface area contributed by atoms with E-state index in [1.807, 2.05) is 13.8 Å². The molecule has 19 heavy (non-hydrogen) atoms. The van der Waals surface area contributed by atoms with Crippen molar-refractivity contribution in [2.24, 2.45) is 29.1 Å². The van der Waals surface area contributed by atoms with Gasteiger partial charge in [-0.3, -0.25) is 9.59 Å². The average Bonchev–Trinajstić information content (AvgIpc) is 2.74. The number of hydrogen-bond acceptors (Lipinski definition) is 4. The standard InChI is InChI=1S/C15H22O4/c1-7-4-5-9-8(2)14(18)19-13(9)15(3)10(7)6-11(16)12(15)17/h7-11,13,16H,4-6H2,1-3H3. The molecule has 0 amide bonds. The van der Waals surface area contributed by atoms with Crippen molar-refractivity contribution in [2.45, 2.75) is 52.2 Å². The predicted octanol–water partition coefficient (Wildman–Crippen LogP) is 1.55. The normalized spacial score (nSPS) is 53.5. The summed E-state index contributed by atoms with van der Waals surface area (Å²) in [4.78, 5) is 24.3. The topological polar surface area (TPSA) is 63.6 Å². The number of carbonyl (C=O) groups is 2. The summed E-state index contributed by atoms with van der Waals surface area (Å²) < 4.78 is 5.57. The monoisotopic (exact) mass is 266 g/mol. The van der Waals surface area contributed by atoms with Crippen LogP contribution in [0, 0.1) is 29.1 Å². The maximum Gasteiger partial charge on any atom is 0.309 e. The van der Waals surface area contributed by atoms with Gasteiger partial charge in [0.15, 0.2) is 5.78 Å². The zero-order chi connectivity index (χ0) is 13.9. The van der Waals surface area contributed by atoms with Crippen LogP contribution in [0.1, 0.15) is 40.0 Å². The number of aliphatic hydroxyl groups is 1. The Hall–Kier alpha value is -0.900. The SMILES string of the molecule is CC1CCC2C(C)C(=O)OC2C2(C)C(=O)C(O)CC12. The van der Waals surface area contributed by atoms with E-state index in [1.54, 1.807) is 0 Å². The van der Waals surface area contributed by atoms with Gasteiger partial charge in [0.2, 0.25) is 0 Å². The lowest BCUT2D eigenvalue weighted by Gasteiger charge is -2.36. The minimum absolute atomic E-state index is 0.122. The molecule has 1 aliphatic heterocycles. The van der Waals surface area contributed by atoms with Crippen LogP contribution in [0.4, 0.5) is 0 Å². The number of ketones is 1. The highest BCUT2D eigenvalue weighted by Gasteiger charge is 2.64. The zero-order valence-corrected chi connectivity index (χ0v) is 11.8. The number of carbonyl (C=O) groups excluding carboxylic acids is 2. The smallest absolute Gasteiger partial charge is 0.309 e. The molecule has 7 atom stereocenters. The summed E-state index contributed by atoms with van der Waals surface area (Å²) in [5.41, 5.74) is -0.694. The van der Waals surface area contributed by atoms with Crippen LogP contribution in [0.25, 0.3) is 0 Å². The third-order valence-corrected chi connectivity index (χ3v) is 5.96. The second-order valence-electron chi connectivity index (χ2n) is 6.87. The lowest BCUT2D eigenvalue weighted by Crippen LogP contribution is -2.46.